The molecular weight excluding hydrogens is 314 g/mol. The smallest absolute Gasteiger partial charge is 0.249 e. The van der Waals surface area contributed by atoms with E-state index >= 15 is 0 Å². The van der Waals surface area contributed by atoms with E-state index in [1.165, 1.54) is 0 Å². The number of amides is 2. The van der Waals surface area contributed by atoms with Crippen molar-refractivity contribution >= 4 is 17.5 Å². The van der Waals surface area contributed by atoms with Crippen molar-refractivity contribution in [2.75, 3.05) is 18.5 Å². The number of likely N-dealkylation sites (N-methyl/N-ethyl adjacent to an activating group) is 1. The summed E-state index contributed by atoms with van der Waals surface area (Å²) in [6.07, 6.45) is 4.99. The van der Waals surface area contributed by atoms with Crippen LogP contribution in [0.1, 0.15) is 32.1 Å². The molecule has 3 aliphatic rings. The number of piperidine rings is 1. The van der Waals surface area contributed by atoms with E-state index in [0.29, 0.717) is 11.8 Å². The third-order valence-corrected chi connectivity index (χ3v) is 6.56. The van der Waals surface area contributed by atoms with E-state index in [9.17, 15) is 9.59 Å². The third-order valence-electron chi connectivity index (χ3n) is 6.56. The Labute approximate surface area is 149 Å². The average molecular weight is 341 g/mol. The van der Waals surface area contributed by atoms with Gasteiger partial charge in [-0.1, -0.05) is 18.2 Å². The van der Waals surface area contributed by atoms with Gasteiger partial charge < -0.3 is 15.5 Å². The van der Waals surface area contributed by atoms with E-state index in [2.05, 4.69) is 0 Å². The van der Waals surface area contributed by atoms with Gasteiger partial charge in [-0.3, -0.25) is 9.59 Å². The largest absolute Gasteiger partial charge is 0.333 e. The zero-order valence-corrected chi connectivity index (χ0v) is 14.8. The summed E-state index contributed by atoms with van der Waals surface area (Å²) in [6.45, 7) is 0.717. The number of carbonyl (C=O) groups is 2. The number of nitrogens with two attached hydrogens (primary N) is 1. The van der Waals surface area contributed by atoms with Gasteiger partial charge in [-0.05, 0) is 56.1 Å². The summed E-state index contributed by atoms with van der Waals surface area (Å²) in [5.74, 6) is 0.927. The SMILES string of the molecule is CN(C(=O)C1C2CCC(C2)C1N)C1CCCN(c2ccccc2)C1=O. The minimum atomic E-state index is -0.368. The molecule has 5 heteroatoms. The van der Waals surface area contributed by atoms with Gasteiger partial charge in [0.05, 0.1) is 5.92 Å². The Morgan fingerprint density at radius 2 is 1.88 bits per heavy atom. The molecule has 1 aromatic carbocycles. The number of hydrogen-bond acceptors (Lipinski definition) is 3. The lowest BCUT2D eigenvalue weighted by atomic mass is 9.83. The van der Waals surface area contributed by atoms with Crippen LogP contribution in [0.4, 0.5) is 5.69 Å². The van der Waals surface area contributed by atoms with Crippen LogP contribution in [0.2, 0.25) is 0 Å². The predicted molar refractivity (Wildman–Crippen MR) is 96.9 cm³/mol. The van der Waals surface area contributed by atoms with Crippen LogP contribution in [0.3, 0.4) is 0 Å². The topological polar surface area (TPSA) is 66.6 Å². The van der Waals surface area contributed by atoms with Crippen molar-refractivity contribution < 1.29 is 9.59 Å². The molecule has 5 atom stereocenters. The molecule has 2 bridgehead atoms. The molecule has 0 spiro atoms. The molecule has 4 rings (SSSR count). The van der Waals surface area contributed by atoms with Crippen LogP contribution in [0.15, 0.2) is 30.3 Å². The number of fused-ring (bicyclic) bond motifs is 2. The van der Waals surface area contributed by atoms with E-state index in [0.717, 1.165) is 44.3 Å². The first-order chi connectivity index (χ1) is 12.1. The molecule has 1 heterocycles. The Bertz CT molecular complexity index is 660. The third kappa shape index (κ3) is 2.74. The first-order valence-corrected chi connectivity index (χ1v) is 9.46. The quantitative estimate of drug-likeness (QED) is 0.914. The van der Waals surface area contributed by atoms with Crippen molar-refractivity contribution in [2.45, 2.75) is 44.2 Å². The fourth-order valence-corrected chi connectivity index (χ4v) is 5.17. The van der Waals surface area contributed by atoms with Gasteiger partial charge in [0.2, 0.25) is 11.8 Å². The van der Waals surface area contributed by atoms with E-state index in [-0.39, 0.29) is 29.8 Å². The summed E-state index contributed by atoms with van der Waals surface area (Å²) >= 11 is 0. The minimum absolute atomic E-state index is 0.0300. The monoisotopic (exact) mass is 341 g/mol. The summed E-state index contributed by atoms with van der Waals surface area (Å²) in [5.41, 5.74) is 7.25. The van der Waals surface area contributed by atoms with Crippen LogP contribution in [0.25, 0.3) is 0 Å². The molecule has 1 saturated heterocycles. The highest BCUT2D eigenvalue weighted by molar-refractivity contribution is 6.00. The van der Waals surface area contributed by atoms with Gasteiger partial charge >= 0.3 is 0 Å². The fraction of sp³-hybridized carbons (Fsp3) is 0.600. The Morgan fingerprint density at radius 1 is 1.16 bits per heavy atom. The summed E-state index contributed by atoms with van der Waals surface area (Å²) < 4.78 is 0. The van der Waals surface area contributed by atoms with E-state index in [4.69, 9.17) is 5.73 Å². The standard InChI is InChI=1S/C20H27N3O2/c1-22(20(25)17-13-9-10-14(12-13)18(17)21)16-8-5-11-23(19(16)24)15-6-3-2-4-7-15/h2-4,6-7,13-14,16-18H,5,8-12,21H2,1H3. The summed E-state index contributed by atoms with van der Waals surface area (Å²) in [7, 11) is 1.79. The zero-order valence-electron chi connectivity index (χ0n) is 14.8. The minimum Gasteiger partial charge on any atom is -0.333 e. The van der Waals surface area contributed by atoms with Crippen molar-refractivity contribution in [3.05, 3.63) is 30.3 Å². The zero-order chi connectivity index (χ0) is 17.6. The van der Waals surface area contributed by atoms with Crippen LogP contribution in [-0.4, -0.2) is 42.4 Å². The highest BCUT2D eigenvalue weighted by atomic mass is 16.2. The lowest BCUT2D eigenvalue weighted by molar-refractivity contribution is -0.143. The molecule has 2 amide bonds. The number of rotatable bonds is 3. The van der Waals surface area contributed by atoms with E-state index in [1.54, 1.807) is 11.9 Å². The molecule has 0 aromatic heterocycles. The second-order valence-electron chi connectivity index (χ2n) is 7.87. The second kappa shape index (κ2) is 6.45. The van der Waals surface area contributed by atoms with Crippen LogP contribution in [0.5, 0.6) is 0 Å². The number of para-hydroxylation sites is 1. The molecule has 25 heavy (non-hydrogen) atoms. The molecule has 5 nitrogen and oxygen atoms in total. The van der Waals surface area contributed by atoms with Gasteiger partial charge in [0.15, 0.2) is 0 Å². The maximum Gasteiger partial charge on any atom is 0.249 e. The summed E-state index contributed by atoms with van der Waals surface area (Å²) in [4.78, 5) is 29.7. The number of anilines is 1. The van der Waals surface area contributed by atoms with Gasteiger partial charge in [-0.2, -0.15) is 0 Å². The molecule has 0 radical (unpaired) electrons. The van der Waals surface area contributed by atoms with Crippen molar-refractivity contribution in [2.24, 2.45) is 23.5 Å². The van der Waals surface area contributed by atoms with Crippen LogP contribution in [0, 0.1) is 17.8 Å². The highest BCUT2D eigenvalue weighted by Crippen LogP contribution is 2.48. The van der Waals surface area contributed by atoms with Crippen LogP contribution in [-0.2, 0) is 9.59 Å². The molecule has 5 unspecified atom stereocenters. The maximum absolute atomic E-state index is 13.1. The van der Waals surface area contributed by atoms with E-state index < -0.39 is 0 Å². The number of nitrogens with zero attached hydrogens (tertiary/aromatic N) is 2. The summed E-state index contributed by atoms with van der Waals surface area (Å²) in [6, 6.07) is 9.33. The molecular formula is C20H27N3O2. The van der Waals surface area contributed by atoms with Crippen molar-refractivity contribution in [1.82, 2.24) is 4.90 Å². The molecule has 1 aromatic rings. The highest BCUT2D eigenvalue weighted by Gasteiger charge is 2.51. The number of hydrogen-bond donors (Lipinski definition) is 1. The van der Waals surface area contributed by atoms with Gasteiger partial charge in [0, 0.05) is 25.3 Å². The Kier molecular flexibility index (Phi) is 4.28. The van der Waals surface area contributed by atoms with Gasteiger partial charge in [-0.25, -0.2) is 0 Å². The summed E-state index contributed by atoms with van der Waals surface area (Å²) in [5, 5.41) is 0. The molecule has 134 valence electrons. The van der Waals surface area contributed by atoms with Crippen LogP contribution >= 0.6 is 0 Å². The molecule has 2 aliphatic carbocycles. The van der Waals surface area contributed by atoms with Crippen molar-refractivity contribution in [3.8, 4) is 0 Å². The first kappa shape index (κ1) is 16.6. The van der Waals surface area contributed by atoms with Crippen LogP contribution < -0.4 is 10.6 Å². The maximum atomic E-state index is 13.1. The predicted octanol–water partition coefficient (Wildman–Crippen LogP) is 2.01. The van der Waals surface area contributed by atoms with Crippen molar-refractivity contribution in [1.29, 1.82) is 0 Å². The molecule has 3 fully saturated rings. The van der Waals surface area contributed by atoms with Gasteiger partial charge in [0.25, 0.3) is 0 Å². The Hall–Kier alpha value is -1.88. The fourth-order valence-electron chi connectivity index (χ4n) is 5.17. The lowest BCUT2D eigenvalue weighted by Crippen LogP contribution is -2.56. The second-order valence-corrected chi connectivity index (χ2v) is 7.87. The molecule has 2 saturated carbocycles. The van der Waals surface area contributed by atoms with Crippen molar-refractivity contribution in [3.63, 3.8) is 0 Å². The first-order valence-electron chi connectivity index (χ1n) is 9.46. The Balaban J connectivity index is 1.50. The molecule has 1 aliphatic heterocycles. The van der Waals surface area contributed by atoms with E-state index in [1.807, 2.05) is 35.2 Å². The average Bonchev–Trinajstić information content (AvgIpc) is 3.23. The Morgan fingerprint density at radius 3 is 2.56 bits per heavy atom. The van der Waals surface area contributed by atoms with Gasteiger partial charge in [0.1, 0.15) is 6.04 Å². The number of benzene rings is 1. The normalized spacial score (nSPS) is 34.4. The lowest BCUT2D eigenvalue weighted by Gasteiger charge is -2.39. The molecule has 2 N–H and O–H groups in total. The van der Waals surface area contributed by atoms with Gasteiger partial charge in [-0.15, -0.1) is 0 Å². The number of carbonyl (C=O) groups excluding carboxylic acids is 2.